The number of rotatable bonds is 4. The maximum absolute atomic E-state index is 5.93. The first kappa shape index (κ1) is 12.6. The van der Waals surface area contributed by atoms with E-state index in [4.69, 9.17) is 26.9 Å². The van der Waals surface area contributed by atoms with Gasteiger partial charge in [-0.1, -0.05) is 11.6 Å². The van der Waals surface area contributed by atoms with Crippen LogP contribution in [0.25, 0.3) is 0 Å². The summed E-state index contributed by atoms with van der Waals surface area (Å²) in [6, 6.07) is 3.41. The normalized spacial score (nSPS) is 11.1. The Kier molecular flexibility index (Phi) is 4.43. The Labute approximate surface area is 100.0 Å². The smallest absolute Gasteiger partial charge is 0.170 e. The molecule has 1 aromatic rings. The quantitative estimate of drug-likeness (QED) is 0.501. The lowest BCUT2D eigenvalue weighted by Crippen LogP contribution is -2.09. The van der Waals surface area contributed by atoms with Gasteiger partial charge in [0.2, 0.25) is 0 Å². The molecule has 0 saturated heterocycles. The molecule has 0 radical (unpaired) electrons. The predicted octanol–water partition coefficient (Wildman–Crippen LogP) is 2.43. The van der Waals surface area contributed by atoms with Gasteiger partial charge in [0.05, 0.1) is 19.4 Å². The zero-order valence-electron chi connectivity index (χ0n) is 9.53. The summed E-state index contributed by atoms with van der Waals surface area (Å²) < 4.78 is 10.8. The van der Waals surface area contributed by atoms with Crippen LogP contribution in [-0.2, 0) is 0 Å². The van der Waals surface area contributed by atoms with Crippen molar-refractivity contribution in [3.8, 4) is 11.5 Å². The van der Waals surface area contributed by atoms with E-state index in [0.717, 1.165) is 0 Å². The topological polar surface area (TPSA) is 56.8 Å². The monoisotopic (exact) mass is 242 g/mol. The van der Waals surface area contributed by atoms with Crippen molar-refractivity contribution in [2.24, 2.45) is 10.9 Å². The van der Waals surface area contributed by atoms with Crippen LogP contribution in [0.2, 0.25) is 5.02 Å². The van der Waals surface area contributed by atoms with Crippen molar-refractivity contribution in [1.82, 2.24) is 0 Å². The summed E-state index contributed by atoms with van der Waals surface area (Å²) in [5.41, 5.74) is 0.695. The van der Waals surface area contributed by atoms with Crippen molar-refractivity contribution in [3.05, 3.63) is 22.7 Å². The fourth-order valence-corrected chi connectivity index (χ4v) is 1.50. The Hall–Kier alpha value is -1.42. The minimum Gasteiger partial charge on any atom is -0.493 e. The molecule has 0 bridgehead atoms. The summed E-state index contributed by atoms with van der Waals surface area (Å²) in [6.45, 7) is 3.86. The van der Waals surface area contributed by atoms with Gasteiger partial charge in [0.25, 0.3) is 0 Å². The van der Waals surface area contributed by atoms with E-state index in [-0.39, 0.29) is 6.10 Å². The number of hydrogen-bond acceptors (Lipinski definition) is 4. The van der Waals surface area contributed by atoms with Gasteiger partial charge in [-0.3, -0.25) is 0 Å². The maximum atomic E-state index is 5.93. The summed E-state index contributed by atoms with van der Waals surface area (Å²) in [5, 5.41) is 4.02. The van der Waals surface area contributed by atoms with E-state index in [1.807, 2.05) is 13.8 Å². The second kappa shape index (κ2) is 5.61. The van der Waals surface area contributed by atoms with Crippen LogP contribution in [0.5, 0.6) is 11.5 Å². The highest BCUT2D eigenvalue weighted by molar-refractivity contribution is 6.31. The maximum Gasteiger partial charge on any atom is 0.170 e. The summed E-state index contributed by atoms with van der Waals surface area (Å²) in [6.07, 6.45) is 1.51. The second-order valence-electron chi connectivity index (χ2n) is 3.47. The SMILES string of the molecule is COc1cc(Cl)cc(C=NN)c1OC(C)C. The highest BCUT2D eigenvalue weighted by atomic mass is 35.5. The summed E-state index contributed by atoms with van der Waals surface area (Å²) >= 11 is 5.93. The van der Waals surface area contributed by atoms with Crippen molar-refractivity contribution in [3.63, 3.8) is 0 Å². The van der Waals surface area contributed by atoms with Gasteiger partial charge in [-0.05, 0) is 19.9 Å². The number of methoxy groups -OCH3 is 1. The van der Waals surface area contributed by atoms with Crippen LogP contribution in [-0.4, -0.2) is 19.4 Å². The van der Waals surface area contributed by atoms with Gasteiger partial charge in [0.15, 0.2) is 11.5 Å². The van der Waals surface area contributed by atoms with Gasteiger partial charge in [0, 0.05) is 16.7 Å². The Morgan fingerprint density at radius 2 is 2.12 bits per heavy atom. The Morgan fingerprint density at radius 1 is 1.44 bits per heavy atom. The lowest BCUT2D eigenvalue weighted by atomic mass is 10.2. The lowest BCUT2D eigenvalue weighted by molar-refractivity contribution is 0.230. The summed E-state index contributed by atoms with van der Waals surface area (Å²) in [4.78, 5) is 0. The molecule has 0 unspecified atom stereocenters. The molecule has 1 rings (SSSR count). The standard InChI is InChI=1S/C11H15ClN2O2/c1-7(2)16-11-8(6-14-13)4-9(12)5-10(11)15-3/h4-7H,13H2,1-3H3. The van der Waals surface area contributed by atoms with E-state index in [1.165, 1.54) is 6.21 Å². The largest absolute Gasteiger partial charge is 0.493 e. The van der Waals surface area contributed by atoms with Crippen LogP contribution in [0.1, 0.15) is 19.4 Å². The highest BCUT2D eigenvalue weighted by Crippen LogP contribution is 2.34. The lowest BCUT2D eigenvalue weighted by Gasteiger charge is -2.16. The molecule has 0 aliphatic carbocycles. The number of nitrogens with two attached hydrogens (primary N) is 1. The number of hydrogen-bond donors (Lipinski definition) is 1. The molecule has 0 heterocycles. The molecular formula is C11H15ClN2O2. The molecular weight excluding hydrogens is 228 g/mol. The van der Waals surface area contributed by atoms with E-state index in [1.54, 1.807) is 19.2 Å². The average Bonchev–Trinajstić information content (AvgIpc) is 2.21. The first-order valence-electron chi connectivity index (χ1n) is 4.86. The Bertz CT molecular complexity index is 392. The van der Waals surface area contributed by atoms with Crippen molar-refractivity contribution in [2.45, 2.75) is 20.0 Å². The first-order chi connectivity index (χ1) is 7.58. The number of nitrogens with zero attached hydrogens (tertiary/aromatic N) is 1. The Balaban J connectivity index is 3.26. The van der Waals surface area contributed by atoms with Crippen molar-refractivity contribution in [2.75, 3.05) is 7.11 Å². The molecule has 0 aromatic heterocycles. The van der Waals surface area contributed by atoms with Crippen LogP contribution in [0, 0.1) is 0 Å². The molecule has 4 nitrogen and oxygen atoms in total. The van der Waals surface area contributed by atoms with Gasteiger partial charge >= 0.3 is 0 Å². The third kappa shape index (κ3) is 3.03. The van der Waals surface area contributed by atoms with E-state index in [0.29, 0.717) is 22.1 Å². The molecule has 0 saturated carbocycles. The third-order valence-corrected chi connectivity index (χ3v) is 2.05. The molecule has 0 aliphatic rings. The van der Waals surface area contributed by atoms with Gasteiger partial charge in [0.1, 0.15) is 0 Å². The van der Waals surface area contributed by atoms with Crippen LogP contribution in [0.15, 0.2) is 17.2 Å². The van der Waals surface area contributed by atoms with Crippen LogP contribution < -0.4 is 15.3 Å². The zero-order valence-corrected chi connectivity index (χ0v) is 10.3. The fourth-order valence-electron chi connectivity index (χ4n) is 1.28. The molecule has 2 N–H and O–H groups in total. The molecule has 0 amide bonds. The highest BCUT2D eigenvalue weighted by Gasteiger charge is 2.12. The van der Waals surface area contributed by atoms with Crippen LogP contribution in [0.3, 0.4) is 0 Å². The van der Waals surface area contributed by atoms with E-state index in [2.05, 4.69) is 5.10 Å². The zero-order chi connectivity index (χ0) is 12.1. The molecule has 0 atom stereocenters. The van der Waals surface area contributed by atoms with Gasteiger partial charge in [-0.25, -0.2) is 0 Å². The predicted molar refractivity (Wildman–Crippen MR) is 65.5 cm³/mol. The number of halogens is 1. The fraction of sp³-hybridized carbons (Fsp3) is 0.364. The van der Waals surface area contributed by atoms with Gasteiger partial charge in [-0.15, -0.1) is 0 Å². The minimum absolute atomic E-state index is 0.0278. The molecule has 16 heavy (non-hydrogen) atoms. The molecule has 0 fully saturated rings. The summed E-state index contributed by atoms with van der Waals surface area (Å²) in [5.74, 6) is 6.29. The van der Waals surface area contributed by atoms with E-state index >= 15 is 0 Å². The number of ether oxygens (including phenoxy) is 2. The van der Waals surface area contributed by atoms with E-state index < -0.39 is 0 Å². The van der Waals surface area contributed by atoms with Crippen molar-refractivity contribution in [1.29, 1.82) is 0 Å². The van der Waals surface area contributed by atoms with Crippen LogP contribution in [0.4, 0.5) is 0 Å². The number of hydrazone groups is 1. The molecule has 0 spiro atoms. The van der Waals surface area contributed by atoms with Crippen molar-refractivity contribution >= 4 is 17.8 Å². The van der Waals surface area contributed by atoms with Gasteiger partial charge in [-0.2, -0.15) is 5.10 Å². The molecule has 1 aromatic carbocycles. The minimum atomic E-state index is 0.0278. The first-order valence-corrected chi connectivity index (χ1v) is 5.23. The number of benzene rings is 1. The van der Waals surface area contributed by atoms with E-state index in [9.17, 15) is 0 Å². The molecule has 5 heteroatoms. The van der Waals surface area contributed by atoms with Crippen LogP contribution >= 0.6 is 11.6 Å². The molecule has 0 aliphatic heterocycles. The second-order valence-corrected chi connectivity index (χ2v) is 3.91. The Morgan fingerprint density at radius 3 is 2.62 bits per heavy atom. The van der Waals surface area contributed by atoms with Gasteiger partial charge < -0.3 is 15.3 Å². The third-order valence-electron chi connectivity index (χ3n) is 1.84. The summed E-state index contributed by atoms with van der Waals surface area (Å²) in [7, 11) is 1.56. The average molecular weight is 243 g/mol. The molecule has 88 valence electrons. The van der Waals surface area contributed by atoms with Crippen molar-refractivity contribution < 1.29 is 9.47 Å².